The zero-order chi connectivity index (χ0) is 16.4. The van der Waals surface area contributed by atoms with Crippen molar-refractivity contribution in [1.82, 2.24) is 9.55 Å². The number of hydrogen-bond acceptors (Lipinski definition) is 3. The van der Waals surface area contributed by atoms with E-state index in [1.807, 2.05) is 48.3 Å². The molecular weight excluding hydrogens is 284 g/mol. The van der Waals surface area contributed by atoms with Gasteiger partial charge >= 0.3 is 0 Å². The van der Waals surface area contributed by atoms with Gasteiger partial charge in [0, 0.05) is 24.7 Å². The molecule has 0 fully saturated rings. The van der Waals surface area contributed by atoms with Crippen molar-refractivity contribution in [3.63, 3.8) is 0 Å². The van der Waals surface area contributed by atoms with Gasteiger partial charge in [0.1, 0.15) is 0 Å². The van der Waals surface area contributed by atoms with Gasteiger partial charge < -0.3 is 10.3 Å². The minimum absolute atomic E-state index is 0.534. The Morgan fingerprint density at radius 1 is 1.17 bits per heavy atom. The molecule has 1 aromatic heterocycles. The number of imidazole rings is 1. The fourth-order valence-electron chi connectivity index (χ4n) is 2.79. The van der Waals surface area contributed by atoms with Crippen molar-refractivity contribution < 1.29 is 0 Å². The van der Waals surface area contributed by atoms with E-state index in [9.17, 15) is 0 Å². The van der Waals surface area contributed by atoms with Gasteiger partial charge in [0.2, 0.25) is 0 Å². The molecule has 2 N–H and O–H groups in total. The molecule has 2 aromatic carbocycles. The largest absolute Gasteiger partial charge is 0.333 e. The first-order chi connectivity index (χ1) is 11.1. The summed E-state index contributed by atoms with van der Waals surface area (Å²) in [5.41, 5.74) is 12.8. The van der Waals surface area contributed by atoms with Gasteiger partial charge in [-0.25, -0.2) is 4.98 Å². The third kappa shape index (κ3) is 2.75. The zero-order valence-corrected chi connectivity index (χ0v) is 13.2. The Kier molecular flexibility index (Phi) is 3.96. The van der Waals surface area contributed by atoms with Crippen LogP contribution in [0.3, 0.4) is 0 Å². The maximum Gasteiger partial charge on any atom is 0.0991 e. The van der Waals surface area contributed by atoms with E-state index < -0.39 is 0 Å². The molecule has 0 atom stereocenters. The minimum atomic E-state index is 0.534. The quantitative estimate of drug-likeness (QED) is 0.806. The second-order valence-electron chi connectivity index (χ2n) is 5.60. The van der Waals surface area contributed by atoms with E-state index in [-0.39, 0.29) is 0 Å². The molecule has 4 nitrogen and oxygen atoms in total. The van der Waals surface area contributed by atoms with Crippen molar-refractivity contribution in [2.24, 2.45) is 12.8 Å². The fraction of sp³-hybridized carbons (Fsp3) is 0.158. The SMILES string of the molecule is Cc1cc(CN)ccc1-c1ncn(C)c1-c1ccc(C#N)cc1. The van der Waals surface area contributed by atoms with Gasteiger partial charge in [-0.05, 0) is 30.2 Å². The van der Waals surface area contributed by atoms with Crippen LogP contribution in [0.25, 0.3) is 22.5 Å². The average molecular weight is 302 g/mol. The molecule has 0 amide bonds. The topological polar surface area (TPSA) is 67.6 Å². The summed E-state index contributed by atoms with van der Waals surface area (Å²) in [6.45, 7) is 2.61. The predicted molar refractivity (Wildman–Crippen MR) is 91.4 cm³/mol. The zero-order valence-electron chi connectivity index (χ0n) is 13.2. The number of rotatable bonds is 3. The summed E-state index contributed by atoms with van der Waals surface area (Å²) < 4.78 is 2.01. The summed E-state index contributed by atoms with van der Waals surface area (Å²) >= 11 is 0. The summed E-state index contributed by atoms with van der Waals surface area (Å²) in [7, 11) is 1.98. The Morgan fingerprint density at radius 2 is 1.91 bits per heavy atom. The van der Waals surface area contributed by atoms with Crippen molar-refractivity contribution in [3.05, 3.63) is 65.5 Å². The second kappa shape index (κ2) is 6.07. The maximum absolute atomic E-state index is 8.95. The van der Waals surface area contributed by atoms with Crippen LogP contribution in [0, 0.1) is 18.3 Å². The highest BCUT2D eigenvalue weighted by molar-refractivity contribution is 5.80. The van der Waals surface area contributed by atoms with E-state index in [4.69, 9.17) is 11.0 Å². The molecule has 0 bridgehead atoms. The summed E-state index contributed by atoms with van der Waals surface area (Å²) in [5.74, 6) is 0. The van der Waals surface area contributed by atoms with Gasteiger partial charge in [-0.2, -0.15) is 5.26 Å². The first-order valence-corrected chi connectivity index (χ1v) is 7.46. The third-order valence-electron chi connectivity index (χ3n) is 4.01. The Balaban J connectivity index is 2.13. The van der Waals surface area contributed by atoms with Crippen molar-refractivity contribution in [1.29, 1.82) is 5.26 Å². The molecule has 114 valence electrons. The Morgan fingerprint density at radius 3 is 2.52 bits per heavy atom. The lowest BCUT2D eigenvalue weighted by Crippen LogP contribution is -1.98. The molecule has 3 aromatic rings. The van der Waals surface area contributed by atoms with E-state index in [1.165, 1.54) is 0 Å². The smallest absolute Gasteiger partial charge is 0.0991 e. The van der Waals surface area contributed by atoms with Crippen molar-refractivity contribution in [3.8, 4) is 28.6 Å². The lowest BCUT2D eigenvalue weighted by atomic mass is 9.98. The van der Waals surface area contributed by atoms with Crippen LogP contribution in [0.5, 0.6) is 0 Å². The molecular formula is C19H18N4. The highest BCUT2D eigenvalue weighted by Crippen LogP contribution is 2.33. The number of hydrogen-bond donors (Lipinski definition) is 1. The molecule has 0 aliphatic carbocycles. The van der Waals surface area contributed by atoms with Gasteiger partial charge in [0.05, 0.1) is 29.3 Å². The van der Waals surface area contributed by atoms with Crippen LogP contribution < -0.4 is 5.73 Å². The lowest BCUT2D eigenvalue weighted by Gasteiger charge is -2.10. The van der Waals surface area contributed by atoms with Crippen LogP contribution in [0.2, 0.25) is 0 Å². The Hall–Kier alpha value is -2.90. The number of aryl methyl sites for hydroxylation is 2. The number of nitrogens with two attached hydrogens (primary N) is 1. The van der Waals surface area contributed by atoms with Gasteiger partial charge in [0.25, 0.3) is 0 Å². The van der Waals surface area contributed by atoms with E-state index in [1.54, 1.807) is 0 Å². The van der Waals surface area contributed by atoms with E-state index >= 15 is 0 Å². The molecule has 0 radical (unpaired) electrons. The van der Waals surface area contributed by atoms with Crippen molar-refractivity contribution >= 4 is 0 Å². The van der Waals surface area contributed by atoms with Crippen molar-refractivity contribution in [2.75, 3.05) is 0 Å². The van der Waals surface area contributed by atoms with Crippen LogP contribution >= 0.6 is 0 Å². The molecule has 0 unspecified atom stereocenters. The Labute approximate surface area is 135 Å². The molecule has 1 heterocycles. The minimum Gasteiger partial charge on any atom is -0.333 e. The first kappa shape index (κ1) is 15.0. The fourth-order valence-corrected chi connectivity index (χ4v) is 2.79. The lowest BCUT2D eigenvalue weighted by molar-refractivity contribution is 0.921. The molecule has 0 aliphatic heterocycles. The van der Waals surface area contributed by atoms with Gasteiger partial charge in [0.15, 0.2) is 0 Å². The van der Waals surface area contributed by atoms with Gasteiger partial charge in [-0.1, -0.05) is 30.3 Å². The molecule has 23 heavy (non-hydrogen) atoms. The summed E-state index contributed by atoms with van der Waals surface area (Å²) in [6.07, 6.45) is 1.82. The normalized spacial score (nSPS) is 10.5. The number of aromatic nitrogens is 2. The Bertz CT molecular complexity index is 883. The van der Waals surface area contributed by atoms with Crippen LogP contribution in [0.15, 0.2) is 48.8 Å². The van der Waals surface area contributed by atoms with Gasteiger partial charge in [-0.15, -0.1) is 0 Å². The monoisotopic (exact) mass is 302 g/mol. The molecule has 0 saturated carbocycles. The van der Waals surface area contributed by atoms with E-state index in [2.05, 4.69) is 30.1 Å². The highest BCUT2D eigenvalue weighted by atomic mass is 15.0. The number of benzene rings is 2. The van der Waals surface area contributed by atoms with Gasteiger partial charge in [-0.3, -0.25) is 0 Å². The predicted octanol–water partition coefficient (Wildman–Crippen LogP) is 3.39. The van der Waals surface area contributed by atoms with E-state index in [0.717, 1.165) is 33.6 Å². The van der Waals surface area contributed by atoms with Crippen LogP contribution in [0.4, 0.5) is 0 Å². The number of nitriles is 1. The molecule has 0 spiro atoms. The molecule has 3 rings (SSSR count). The summed E-state index contributed by atoms with van der Waals surface area (Å²) in [4.78, 5) is 4.59. The first-order valence-electron chi connectivity index (χ1n) is 7.46. The van der Waals surface area contributed by atoms with E-state index in [0.29, 0.717) is 12.1 Å². The van der Waals surface area contributed by atoms with Crippen LogP contribution in [-0.2, 0) is 13.6 Å². The average Bonchev–Trinajstić information content (AvgIpc) is 2.96. The molecule has 0 aliphatic rings. The standard InChI is InChI=1S/C19H18N4/c1-13-9-15(11-21)5-8-17(13)18-19(23(2)12-22-18)16-6-3-14(10-20)4-7-16/h3-9,12H,11,21H2,1-2H3. The molecule has 0 saturated heterocycles. The third-order valence-corrected chi connectivity index (χ3v) is 4.01. The second-order valence-corrected chi connectivity index (χ2v) is 5.60. The van der Waals surface area contributed by atoms with Crippen LogP contribution in [-0.4, -0.2) is 9.55 Å². The molecule has 4 heteroatoms. The summed E-state index contributed by atoms with van der Waals surface area (Å²) in [6, 6.07) is 16.0. The van der Waals surface area contributed by atoms with Crippen LogP contribution in [0.1, 0.15) is 16.7 Å². The highest BCUT2D eigenvalue weighted by Gasteiger charge is 2.15. The summed E-state index contributed by atoms with van der Waals surface area (Å²) in [5, 5.41) is 8.95. The van der Waals surface area contributed by atoms with Crippen molar-refractivity contribution in [2.45, 2.75) is 13.5 Å². The number of nitrogens with zero attached hydrogens (tertiary/aromatic N) is 3. The maximum atomic E-state index is 8.95.